The minimum Gasteiger partial charge on any atom is -0.445 e. The van der Waals surface area contributed by atoms with Gasteiger partial charge in [-0.25, -0.2) is 14.8 Å². The molecule has 1 aliphatic rings. The Bertz CT molecular complexity index is 676. The van der Waals surface area contributed by atoms with E-state index in [1.165, 1.54) is 0 Å². The van der Waals surface area contributed by atoms with E-state index in [4.69, 9.17) is 16.3 Å². The van der Waals surface area contributed by atoms with Gasteiger partial charge in [0.15, 0.2) is 0 Å². The number of rotatable bonds is 2. The largest absolute Gasteiger partial charge is 0.445 e. The number of benzene rings is 1. The van der Waals surface area contributed by atoms with Gasteiger partial charge in [-0.3, -0.25) is 4.90 Å². The highest BCUT2D eigenvalue weighted by atomic mass is 35.5. The van der Waals surface area contributed by atoms with Crippen LogP contribution in [0.15, 0.2) is 30.3 Å². The van der Waals surface area contributed by atoms with Gasteiger partial charge in [-0.1, -0.05) is 41.9 Å². The molecule has 2 heterocycles. The summed E-state index contributed by atoms with van der Waals surface area (Å²) < 4.78 is 5.31. The molecule has 5 nitrogen and oxygen atoms in total. The summed E-state index contributed by atoms with van der Waals surface area (Å²) in [7, 11) is 0. The van der Waals surface area contributed by atoms with Crippen LogP contribution in [0.3, 0.4) is 0 Å². The Hall–Kier alpha value is -2.14. The molecule has 6 heteroatoms. The van der Waals surface area contributed by atoms with Crippen LogP contribution in [-0.4, -0.2) is 21.0 Å². The Balaban J connectivity index is 1.64. The minimum atomic E-state index is -0.370. The van der Waals surface area contributed by atoms with Gasteiger partial charge in [0.1, 0.15) is 17.6 Å². The van der Waals surface area contributed by atoms with E-state index < -0.39 is 0 Å². The van der Waals surface area contributed by atoms with Crippen molar-refractivity contribution < 1.29 is 9.53 Å². The lowest BCUT2D eigenvalue weighted by Crippen LogP contribution is -2.26. The van der Waals surface area contributed by atoms with Gasteiger partial charge in [-0.2, -0.15) is 0 Å². The van der Waals surface area contributed by atoms with Crippen molar-refractivity contribution in [1.82, 2.24) is 14.9 Å². The van der Waals surface area contributed by atoms with Crippen molar-refractivity contribution in [2.24, 2.45) is 0 Å². The van der Waals surface area contributed by atoms with Crippen molar-refractivity contribution in [3.05, 3.63) is 58.1 Å². The average Bonchev–Trinajstić information content (AvgIpc) is 2.90. The highest BCUT2D eigenvalue weighted by Crippen LogP contribution is 2.27. The summed E-state index contributed by atoms with van der Waals surface area (Å²) >= 11 is 6.09. The van der Waals surface area contributed by atoms with Crippen molar-refractivity contribution >= 4 is 17.7 Å². The maximum Gasteiger partial charge on any atom is 0.410 e. The van der Waals surface area contributed by atoms with E-state index in [0.717, 1.165) is 16.8 Å². The van der Waals surface area contributed by atoms with E-state index in [1.54, 1.807) is 11.8 Å². The van der Waals surface area contributed by atoms with Gasteiger partial charge < -0.3 is 4.74 Å². The topological polar surface area (TPSA) is 55.3 Å². The second kappa shape index (κ2) is 5.69. The van der Waals surface area contributed by atoms with Crippen LogP contribution in [0.5, 0.6) is 0 Å². The van der Waals surface area contributed by atoms with Crippen molar-refractivity contribution in [3.63, 3.8) is 0 Å². The molecule has 0 radical (unpaired) electrons. The van der Waals surface area contributed by atoms with Crippen molar-refractivity contribution in [2.75, 3.05) is 0 Å². The first-order chi connectivity index (χ1) is 10.1. The Kier molecular flexibility index (Phi) is 3.75. The molecule has 0 fully saturated rings. The molecule has 0 saturated carbocycles. The number of halogens is 1. The number of carbonyl (C=O) groups excluding carboxylic acids is 1. The number of fused-ring (bicyclic) bond motifs is 1. The standard InChI is InChI=1S/C15H14ClN3O2/c1-10-17-13-8-19(7-12(13)14(16)18-10)15(20)21-9-11-5-3-2-4-6-11/h2-6H,7-9H2,1H3. The smallest absolute Gasteiger partial charge is 0.410 e. The fourth-order valence-corrected chi connectivity index (χ4v) is 2.56. The van der Waals surface area contributed by atoms with E-state index in [0.29, 0.717) is 24.1 Å². The normalized spacial score (nSPS) is 13.1. The second-order valence-corrected chi connectivity index (χ2v) is 5.24. The molecule has 0 saturated heterocycles. The van der Waals surface area contributed by atoms with Crippen LogP contribution in [0.4, 0.5) is 4.79 Å². The zero-order valence-electron chi connectivity index (χ0n) is 11.5. The summed E-state index contributed by atoms with van der Waals surface area (Å²) in [4.78, 5) is 22.1. The molecule has 0 atom stereocenters. The molecule has 1 aliphatic heterocycles. The molecule has 2 aromatic rings. The van der Waals surface area contributed by atoms with Crippen molar-refractivity contribution in [1.29, 1.82) is 0 Å². The Morgan fingerprint density at radius 1 is 1.29 bits per heavy atom. The van der Waals surface area contributed by atoms with Crippen LogP contribution in [-0.2, 0) is 24.4 Å². The zero-order valence-corrected chi connectivity index (χ0v) is 12.3. The first-order valence-electron chi connectivity index (χ1n) is 6.61. The van der Waals surface area contributed by atoms with Crippen LogP contribution in [0.1, 0.15) is 22.6 Å². The number of hydrogen-bond donors (Lipinski definition) is 0. The van der Waals surface area contributed by atoms with E-state index >= 15 is 0 Å². The number of nitrogens with zero attached hydrogens (tertiary/aromatic N) is 3. The van der Waals surface area contributed by atoms with E-state index in [9.17, 15) is 4.79 Å². The average molecular weight is 304 g/mol. The van der Waals surface area contributed by atoms with Gasteiger partial charge in [0.25, 0.3) is 0 Å². The lowest BCUT2D eigenvalue weighted by molar-refractivity contribution is 0.0953. The summed E-state index contributed by atoms with van der Waals surface area (Å²) in [5, 5.41) is 0.413. The fourth-order valence-electron chi connectivity index (χ4n) is 2.27. The molecular formula is C15H14ClN3O2. The van der Waals surface area contributed by atoms with Gasteiger partial charge in [-0.05, 0) is 12.5 Å². The van der Waals surface area contributed by atoms with Crippen LogP contribution in [0, 0.1) is 6.92 Å². The fraction of sp³-hybridized carbons (Fsp3) is 0.267. The van der Waals surface area contributed by atoms with E-state index in [1.807, 2.05) is 30.3 Å². The predicted molar refractivity (Wildman–Crippen MR) is 77.7 cm³/mol. The quantitative estimate of drug-likeness (QED) is 0.800. The number of ether oxygens (including phenoxy) is 1. The molecule has 0 aliphatic carbocycles. The molecule has 0 N–H and O–H groups in total. The van der Waals surface area contributed by atoms with Gasteiger partial charge >= 0.3 is 6.09 Å². The molecule has 1 aromatic heterocycles. The van der Waals surface area contributed by atoms with Crippen LogP contribution in [0.25, 0.3) is 0 Å². The maximum absolute atomic E-state index is 12.1. The third kappa shape index (κ3) is 2.97. The molecule has 3 rings (SSSR count). The van der Waals surface area contributed by atoms with E-state index in [-0.39, 0.29) is 12.7 Å². The maximum atomic E-state index is 12.1. The summed E-state index contributed by atoms with van der Waals surface area (Å²) in [6.45, 7) is 2.83. The minimum absolute atomic E-state index is 0.255. The first-order valence-corrected chi connectivity index (χ1v) is 6.99. The van der Waals surface area contributed by atoms with Gasteiger partial charge in [0, 0.05) is 5.56 Å². The lowest BCUT2D eigenvalue weighted by atomic mass is 10.2. The highest BCUT2D eigenvalue weighted by molar-refractivity contribution is 6.30. The summed E-state index contributed by atoms with van der Waals surface area (Å²) in [6, 6.07) is 9.57. The SMILES string of the molecule is Cc1nc(Cl)c2c(n1)CN(C(=O)OCc1ccccc1)C2. The Morgan fingerprint density at radius 2 is 2.05 bits per heavy atom. The number of carbonyl (C=O) groups is 1. The molecule has 0 bridgehead atoms. The molecule has 1 amide bonds. The monoisotopic (exact) mass is 303 g/mol. The molecular weight excluding hydrogens is 290 g/mol. The van der Waals surface area contributed by atoms with Crippen LogP contribution < -0.4 is 0 Å². The number of hydrogen-bond acceptors (Lipinski definition) is 4. The van der Waals surface area contributed by atoms with Crippen molar-refractivity contribution in [3.8, 4) is 0 Å². The summed E-state index contributed by atoms with van der Waals surface area (Å²) in [5.74, 6) is 0.609. The third-order valence-electron chi connectivity index (χ3n) is 3.31. The van der Waals surface area contributed by atoms with Gasteiger partial charge in [-0.15, -0.1) is 0 Å². The second-order valence-electron chi connectivity index (χ2n) is 4.88. The van der Waals surface area contributed by atoms with Crippen molar-refractivity contribution in [2.45, 2.75) is 26.6 Å². The molecule has 108 valence electrons. The number of aromatic nitrogens is 2. The van der Waals surface area contributed by atoms with Gasteiger partial charge in [0.05, 0.1) is 18.8 Å². The number of aryl methyl sites for hydroxylation is 1. The molecule has 21 heavy (non-hydrogen) atoms. The van der Waals surface area contributed by atoms with Gasteiger partial charge in [0.2, 0.25) is 0 Å². The number of amides is 1. The third-order valence-corrected chi connectivity index (χ3v) is 3.62. The molecule has 0 unspecified atom stereocenters. The Morgan fingerprint density at radius 3 is 2.81 bits per heavy atom. The first kappa shape index (κ1) is 13.8. The highest BCUT2D eigenvalue weighted by Gasteiger charge is 2.28. The molecule has 0 spiro atoms. The van der Waals surface area contributed by atoms with E-state index in [2.05, 4.69) is 9.97 Å². The lowest BCUT2D eigenvalue weighted by Gasteiger charge is -2.15. The molecule has 1 aromatic carbocycles. The summed E-state index contributed by atoms with van der Waals surface area (Å²) in [5.41, 5.74) is 2.55. The predicted octanol–water partition coefficient (Wildman–Crippen LogP) is 3.09. The summed E-state index contributed by atoms with van der Waals surface area (Å²) in [6.07, 6.45) is -0.370. The Labute approximate surface area is 127 Å². The van der Waals surface area contributed by atoms with Crippen LogP contribution >= 0.6 is 11.6 Å². The zero-order chi connectivity index (χ0) is 14.8. The van der Waals surface area contributed by atoms with Crippen LogP contribution in [0.2, 0.25) is 5.15 Å².